The van der Waals surface area contributed by atoms with E-state index in [4.69, 9.17) is 0 Å². The van der Waals surface area contributed by atoms with Gasteiger partial charge in [-0.15, -0.1) is 5.10 Å². The topological polar surface area (TPSA) is 99.9 Å². The molecule has 0 spiro atoms. The average Bonchev–Trinajstić information content (AvgIpc) is 3.47. The van der Waals surface area contributed by atoms with Crippen LogP contribution in [0.25, 0.3) is 5.65 Å². The highest BCUT2D eigenvalue weighted by Gasteiger charge is 2.32. The molecule has 0 radical (unpaired) electrons. The first-order chi connectivity index (χ1) is 13.4. The van der Waals surface area contributed by atoms with E-state index in [1.807, 2.05) is 25.1 Å². The van der Waals surface area contributed by atoms with Gasteiger partial charge in [0.05, 0.1) is 5.25 Å². The Bertz CT molecular complexity index is 976. The van der Waals surface area contributed by atoms with Gasteiger partial charge in [0, 0.05) is 32.1 Å². The first kappa shape index (κ1) is 19.1. The van der Waals surface area contributed by atoms with Gasteiger partial charge in [0.1, 0.15) is 5.82 Å². The second kappa shape index (κ2) is 7.32. The molecular weight excluding hydrogens is 380 g/mol. The molecule has 1 unspecified atom stereocenters. The molecule has 9 nitrogen and oxygen atoms in total. The standard InChI is InChI=1S/C18H26N6O3S/c1-3-13(2)28(26,27)23-11-9-22(10-12-23)16-6-4-5-15-19-18(21-24(15)16)20-17(25)14-7-8-14/h4-6,13-14H,3,7-12H2,1-2H3,(H,20,21,25). The lowest BCUT2D eigenvalue weighted by molar-refractivity contribution is -0.117. The van der Waals surface area contributed by atoms with Crippen LogP contribution in [0, 0.1) is 5.92 Å². The van der Waals surface area contributed by atoms with Gasteiger partial charge in [0.25, 0.3) is 0 Å². The number of fused-ring (bicyclic) bond motifs is 1. The van der Waals surface area contributed by atoms with Crippen LogP contribution in [0.3, 0.4) is 0 Å². The first-order valence-corrected chi connectivity index (χ1v) is 11.3. The van der Waals surface area contributed by atoms with Crippen LogP contribution in [0.1, 0.15) is 33.1 Å². The summed E-state index contributed by atoms with van der Waals surface area (Å²) in [5, 5.41) is 6.86. The van der Waals surface area contributed by atoms with E-state index in [-0.39, 0.29) is 17.1 Å². The summed E-state index contributed by atoms with van der Waals surface area (Å²) in [7, 11) is -3.25. The minimum atomic E-state index is -3.25. The fraction of sp³-hybridized carbons (Fsp3) is 0.611. The summed E-state index contributed by atoms with van der Waals surface area (Å²) in [5.41, 5.74) is 0.651. The van der Waals surface area contributed by atoms with E-state index in [1.54, 1.807) is 15.7 Å². The van der Waals surface area contributed by atoms with Crippen molar-refractivity contribution in [3.63, 3.8) is 0 Å². The molecule has 0 bridgehead atoms. The molecule has 2 aromatic heterocycles. The molecule has 4 rings (SSSR count). The van der Waals surface area contributed by atoms with Gasteiger partial charge in [-0.05, 0) is 38.3 Å². The number of pyridine rings is 1. The van der Waals surface area contributed by atoms with Gasteiger partial charge >= 0.3 is 0 Å². The number of rotatable bonds is 6. The molecule has 2 aliphatic rings. The Hall–Kier alpha value is -2.20. The zero-order chi connectivity index (χ0) is 19.9. The largest absolute Gasteiger partial charge is 0.354 e. The first-order valence-electron chi connectivity index (χ1n) is 9.80. The molecule has 0 aromatic carbocycles. The summed E-state index contributed by atoms with van der Waals surface area (Å²) in [6.45, 7) is 5.71. The molecule has 2 fully saturated rings. The molecule has 28 heavy (non-hydrogen) atoms. The van der Waals surface area contributed by atoms with Crippen LogP contribution in [-0.2, 0) is 14.8 Å². The Labute approximate surface area is 164 Å². The Morgan fingerprint density at radius 2 is 1.96 bits per heavy atom. The quantitative estimate of drug-likeness (QED) is 0.777. The van der Waals surface area contributed by atoms with Crippen molar-refractivity contribution in [2.24, 2.45) is 5.92 Å². The van der Waals surface area contributed by atoms with Crippen molar-refractivity contribution in [2.75, 3.05) is 36.4 Å². The van der Waals surface area contributed by atoms with Crippen molar-refractivity contribution in [3.05, 3.63) is 18.2 Å². The maximum atomic E-state index is 12.6. The Balaban J connectivity index is 1.50. The lowest BCUT2D eigenvalue weighted by atomic mass is 10.3. The van der Waals surface area contributed by atoms with E-state index in [2.05, 4.69) is 20.3 Å². The number of nitrogens with one attached hydrogen (secondary N) is 1. The summed E-state index contributed by atoms with van der Waals surface area (Å²) in [4.78, 5) is 18.5. The average molecular weight is 407 g/mol. The Kier molecular flexibility index (Phi) is 5.00. The zero-order valence-corrected chi connectivity index (χ0v) is 17.0. The molecule has 1 N–H and O–H groups in total. The Morgan fingerprint density at radius 1 is 1.25 bits per heavy atom. The molecule has 152 valence electrons. The van der Waals surface area contributed by atoms with Crippen LogP contribution in [-0.4, -0.2) is 64.7 Å². The van der Waals surface area contributed by atoms with Gasteiger partial charge in [-0.3, -0.25) is 10.1 Å². The van der Waals surface area contributed by atoms with Gasteiger partial charge in [0.2, 0.25) is 21.9 Å². The maximum Gasteiger partial charge on any atom is 0.249 e. The number of carbonyl (C=O) groups is 1. The minimum Gasteiger partial charge on any atom is -0.354 e. The van der Waals surface area contributed by atoms with Crippen molar-refractivity contribution < 1.29 is 13.2 Å². The van der Waals surface area contributed by atoms with Crippen molar-refractivity contribution in [1.82, 2.24) is 18.9 Å². The van der Waals surface area contributed by atoms with Gasteiger partial charge in [-0.2, -0.15) is 13.8 Å². The molecule has 1 atom stereocenters. The summed E-state index contributed by atoms with van der Waals surface area (Å²) < 4.78 is 28.4. The van der Waals surface area contributed by atoms with Crippen LogP contribution in [0.4, 0.5) is 11.8 Å². The van der Waals surface area contributed by atoms with Gasteiger partial charge < -0.3 is 4.90 Å². The van der Waals surface area contributed by atoms with E-state index in [9.17, 15) is 13.2 Å². The molecule has 1 aliphatic heterocycles. The maximum absolute atomic E-state index is 12.6. The highest BCUT2D eigenvalue weighted by Crippen LogP contribution is 2.30. The number of anilines is 2. The SMILES string of the molecule is CCC(C)S(=O)(=O)N1CCN(c2cccc3nc(NC(=O)C4CC4)nn23)CC1. The second-order valence-electron chi connectivity index (χ2n) is 7.50. The third kappa shape index (κ3) is 3.58. The normalized spacial score (nSPS) is 19.7. The highest BCUT2D eigenvalue weighted by atomic mass is 32.2. The molecule has 2 aromatic rings. The van der Waals surface area contributed by atoms with E-state index in [0.29, 0.717) is 44.2 Å². The van der Waals surface area contributed by atoms with Crippen molar-refractivity contribution >= 4 is 33.3 Å². The van der Waals surface area contributed by atoms with Gasteiger partial charge in [0.15, 0.2) is 5.65 Å². The molecular formula is C18H26N6O3S. The van der Waals surface area contributed by atoms with E-state index in [0.717, 1.165) is 18.7 Å². The molecule has 1 amide bonds. The summed E-state index contributed by atoms with van der Waals surface area (Å²) in [6, 6.07) is 5.67. The van der Waals surface area contributed by atoms with Crippen LogP contribution >= 0.6 is 0 Å². The third-order valence-electron chi connectivity index (χ3n) is 5.53. The predicted octanol–water partition coefficient (Wildman–Crippen LogP) is 1.33. The molecule has 3 heterocycles. The number of nitrogens with zero attached hydrogens (tertiary/aromatic N) is 5. The molecule has 10 heteroatoms. The number of hydrogen-bond donors (Lipinski definition) is 1. The molecule has 1 saturated heterocycles. The predicted molar refractivity (Wildman–Crippen MR) is 107 cm³/mol. The van der Waals surface area contributed by atoms with Crippen LogP contribution < -0.4 is 10.2 Å². The van der Waals surface area contributed by atoms with E-state index in [1.165, 1.54) is 0 Å². The van der Waals surface area contributed by atoms with E-state index >= 15 is 0 Å². The van der Waals surface area contributed by atoms with E-state index < -0.39 is 10.0 Å². The van der Waals surface area contributed by atoms with Gasteiger partial charge in [-0.1, -0.05) is 13.0 Å². The smallest absolute Gasteiger partial charge is 0.249 e. The van der Waals surface area contributed by atoms with Crippen LogP contribution in [0.15, 0.2) is 18.2 Å². The van der Waals surface area contributed by atoms with Gasteiger partial charge in [-0.25, -0.2) is 8.42 Å². The monoisotopic (exact) mass is 406 g/mol. The number of aromatic nitrogens is 3. The Morgan fingerprint density at radius 3 is 2.61 bits per heavy atom. The zero-order valence-electron chi connectivity index (χ0n) is 16.2. The molecule has 1 saturated carbocycles. The van der Waals surface area contributed by atoms with Crippen molar-refractivity contribution in [2.45, 2.75) is 38.4 Å². The lowest BCUT2D eigenvalue weighted by Crippen LogP contribution is -2.51. The fourth-order valence-corrected chi connectivity index (χ4v) is 4.98. The van der Waals surface area contributed by atoms with Crippen molar-refractivity contribution in [3.8, 4) is 0 Å². The number of piperazine rings is 1. The number of sulfonamides is 1. The second-order valence-corrected chi connectivity index (χ2v) is 9.85. The summed E-state index contributed by atoms with van der Waals surface area (Å²) in [6.07, 6.45) is 2.46. The number of carbonyl (C=O) groups excluding carboxylic acids is 1. The van der Waals surface area contributed by atoms with Crippen molar-refractivity contribution in [1.29, 1.82) is 0 Å². The van der Waals surface area contributed by atoms with Crippen LogP contribution in [0.5, 0.6) is 0 Å². The highest BCUT2D eigenvalue weighted by molar-refractivity contribution is 7.89. The fourth-order valence-electron chi connectivity index (χ4n) is 3.38. The number of amides is 1. The summed E-state index contributed by atoms with van der Waals surface area (Å²) in [5.74, 6) is 1.22. The lowest BCUT2D eigenvalue weighted by Gasteiger charge is -2.36. The summed E-state index contributed by atoms with van der Waals surface area (Å²) >= 11 is 0. The number of hydrogen-bond acceptors (Lipinski definition) is 6. The molecule has 1 aliphatic carbocycles. The van der Waals surface area contributed by atoms with Crippen LogP contribution in [0.2, 0.25) is 0 Å². The minimum absolute atomic E-state index is 0.0266. The third-order valence-corrected chi connectivity index (χ3v) is 7.96.